The van der Waals surface area contributed by atoms with E-state index < -0.39 is 0 Å². The lowest BCUT2D eigenvalue weighted by atomic mass is 10.0. The Kier molecular flexibility index (Phi) is 6.61. The minimum atomic E-state index is -0.284. The van der Waals surface area contributed by atoms with Crippen molar-refractivity contribution < 1.29 is 14.2 Å². The Morgan fingerprint density at radius 2 is 2.05 bits per heavy atom. The number of rotatable bonds is 7. The van der Waals surface area contributed by atoms with Gasteiger partial charge in [0, 0.05) is 19.6 Å². The van der Waals surface area contributed by atoms with Crippen molar-refractivity contribution in [3.63, 3.8) is 0 Å². The molecule has 0 bridgehead atoms. The van der Waals surface area contributed by atoms with Crippen molar-refractivity contribution in [1.82, 2.24) is 5.32 Å². The van der Waals surface area contributed by atoms with Gasteiger partial charge >= 0.3 is 0 Å². The molecule has 1 aromatic carbocycles. The van der Waals surface area contributed by atoms with Crippen LogP contribution in [-0.2, 0) is 11.3 Å². The van der Waals surface area contributed by atoms with Gasteiger partial charge in [0.2, 0.25) is 0 Å². The maximum Gasteiger partial charge on any atom is 0.146 e. The number of ether oxygens (including phenoxy) is 1. The number of anilines is 1. The molecule has 1 aliphatic heterocycles. The van der Waals surface area contributed by atoms with Crippen LogP contribution in [0, 0.1) is 11.7 Å². The first kappa shape index (κ1) is 17.2. The monoisotopic (exact) mass is 310 g/mol. The van der Waals surface area contributed by atoms with Crippen LogP contribution in [0.15, 0.2) is 18.2 Å². The summed E-state index contributed by atoms with van der Waals surface area (Å²) >= 11 is 0. The molecule has 124 valence electrons. The largest absolute Gasteiger partial charge is 0.393 e. The molecule has 2 N–H and O–H groups in total. The Morgan fingerprint density at radius 1 is 1.32 bits per heavy atom. The van der Waals surface area contributed by atoms with Crippen molar-refractivity contribution >= 4 is 5.69 Å². The molecule has 4 nitrogen and oxygen atoms in total. The van der Waals surface area contributed by atoms with E-state index in [0.29, 0.717) is 31.9 Å². The summed E-state index contributed by atoms with van der Waals surface area (Å²) in [6.07, 6.45) is 0.430. The number of aliphatic hydroxyl groups is 1. The van der Waals surface area contributed by atoms with Crippen LogP contribution in [0.4, 0.5) is 10.1 Å². The zero-order chi connectivity index (χ0) is 15.9. The maximum atomic E-state index is 14.2. The third kappa shape index (κ3) is 4.93. The summed E-state index contributed by atoms with van der Waals surface area (Å²) in [7, 11) is 0. The molecule has 2 rings (SSSR count). The van der Waals surface area contributed by atoms with Crippen LogP contribution in [0.2, 0.25) is 0 Å². The summed E-state index contributed by atoms with van der Waals surface area (Å²) in [5, 5.41) is 13.0. The summed E-state index contributed by atoms with van der Waals surface area (Å²) in [5.41, 5.74) is 1.58. The number of halogens is 1. The number of nitrogens with zero attached hydrogens (tertiary/aromatic N) is 1. The van der Waals surface area contributed by atoms with E-state index in [1.165, 1.54) is 0 Å². The summed E-state index contributed by atoms with van der Waals surface area (Å²) in [6.45, 7) is 8.14. The van der Waals surface area contributed by atoms with Gasteiger partial charge in [0.1, 0.15) is 5.82 Å². The van der Waals surface area contributed by atoms with Crippen molar-refractivity contribution in [2.75, 3.05) is 37.7 Å². The highest BCUT2D eigenvalue weighted by Crippen LogP contribution is 2.21. The molecule has 0 spiro atoms. The molecule has 22 heavy (non-hydrogen) atoms. The number of morpholine rings is 1. The lowest BCUT2D eigenvalue weighted by molar-refractivity contribution is 0.116. The van der Waals surface area contributed by atoms with Gasteiger partial charge in [0.25, 0.3) is 0 Å². The molecular formula is C17H27FN2O2. The Morgan fingerprint density at radius 3 is 2.68 bits per heavy atom. The standard InChI is InChI=1S/C17H27FN2O2/c1-13(2)17(21)5-6-19-12-14-3-4-16(15(18)11-14)20-7-9-22-10-8-20/h3-4,11,13,17,19,21H,5-10,12H2,1-2H3. The second-order valence-corrected chi connectivity index (χ2v) is 6.16. The average Bonchev–Trinajstić information content (AvgIpc) is 2.52. The van der Waals surface area contributed by atoms with E-state index in [-0.39, 0.29) is 17.8 Å². The van der Waals surface area contributed by atoms with Gasteiger partial charge in [-0.25, -0.2) is 4.39 Å². The summed E-state index contributed by atoms with van der Waals surface area (Å²) in [5.74, 6) is 0.0930. The van der Waals surface area contributed by atoms with Crippen LogP contribution in [0.25, 0.3) is 0 Å². The fourth-order valence-electron chi connectivity index (χ4n) is 2.54. The van der Waals surface area contributed by atoms with Crippen LogP contribution >= 0.6 is 0 Å². The first-order valence-electron chi connectivity index (χ1n) is 8.08. The molecule has 1 fully saturated rings. The van der Waals surface area contributed by atoms with Crippen LogP contribution < -0.4 is 10.2 Å². The number of benzene rings is 1. The summed E-state index contributed by atoms with van der Waals surface area (Å²) in [6, 6.07) is 5.40. The molecule has 0 aromatic heterocycles. The topological polar surface area (TPSA) is 44.7 Å². The molecular weight excluding hydrogens is 283 g/mol. The molecule has 1 atom stereocenters. The maximum absolute atomic E-state index is 14.2. The molecule has 1 aliphatic rings. The summed E-state index contributed by atoms with van der Waals surface area (Å²) in [4.78, 5) is 2.02. The summed E-state index contributed by atoms with van der Waals surface area (Å²) < 4.78 is 19.5. The van der Waals surface area contributed by atoms with Crippen LogP contribution in [0.3, 0.4) is 0 Å². The van der Waals surface area contributed by atoms with E-state index in [1.54, 1.807) is 6.07 Å². The first-order valence-corrected chi connectivity index (χ1v) is 8.08. The Balaban J connectivity index is 1.81. The first-order chi connectivity index (χ1) is 10.6. The van der Waals surface area contributed by atoms with Crippen LogP contribution in [0.1, 0.15) is 25.8 Å². The Bertz CT molecular complexity index is 462. The van der Waals surface area contributed by atoms with Gasteiger partial charge in [-0.05, 0) is 36.6 Å². The molecule has 1 saturated heterocycles. The van der Waals surface area contributed by atoms with Gasteiger partial charge in [0.05, 0.1) is 25.0 Å². The highest BCUT2D eigenvalue weighted by molar-refractivity contribution is 5.49. The number of aliphatic hydroxyl groups excluding tert-OH is 1. The SMILES string of the molecule is CC(C)C(O)CCNCc1ccc(N2CCOCC2)c(F)c1. The smallest absolute Gasteiger partial charge is 0.146 e. The molecule has 5 heteroatoms. The zero-order valence-electron chi connectivity index (χ0n) is 13.5. The lowest BCUT2D eigenvalue weighted by Crippen LogP contribution is -2.36. The Labute approximate surface area is 132 Å². The molecule has 1 unspecified atom stereocenters. The van der Waals surface area contributed by atoms with Crippen molar-refractivity contribution in [3.8, 4) is 0 Å². The molecule has 0 radical (unpaired) electrons. The van der Waals surface area contributed by atoms with Gasteiger partial charge in [-0.1, -0.05) is 19.9 Å². The third-order valence-electron chi connectivity index (χ3n) is 4.08. The molecule has 0 aliphatic carbocycles. The molecule has 1 aromatic rings. The molecule has 0 saturated carbocycles. The minimum absolute atomic E-state index is 0.177. The number of nitrogens with one attached hydrogen (secondary N) is 1. The van der Waals surface area contributed by atoms with E-state index in [0.717, 1.165) is 25.2 Å². The van der Waals surface area contributed by atoms with Gasteiger partial charge in [0.15, 0.2) is 0 Å². The fourth-order valence-corrected chi connectivity index (χ4v) is 2.54. The predicted octanol–water partition coefficient (Wildman–Crippen LogP) is 2.16. The van der Waals surface area contributed by atoms with Crippen LogP contribution in [0.5, 0.6) is 0 Å². The highest BCUT2D eigenvalue weighted by Gasteiger charge is 2.15. The van der Waals surface area contributed by atoms with Gasteiger partial charge in [-0.15, -0.1) is 0 Å². The van der Waals surface area contributed by atoms with Crippen molar-refractivity contribution in [1.29, 1.82) is 0 Å². The second kappa shape index (κ2) is 8.46. The van der Waals surface area contributed by atoms with E-state index in [4.69, 9.17) is 4.74 Å². The van der Waals surface area contributed by atoms with Gasteiger partial charge in [-0.2, -0.15) is 0 Å². The van der Waals surface area contributed by atoms with E-state index in [1.807, 2.05) is 30.9 Å². The van der Waals surface area contributed by atoms with Crippen molar-refractivity contribution in [2.45, 2.75) is 32.9 Å². The zero-order valence-corrected chi connectivity index (χ0v) is 13.5. The highest BCUT2D eigenvalue weighted by atomic mass is 19.1. The third-order valence-corrected chi connectivity index (χ3v) is 4.08. The van der Waals surface area contributed by atoms with Crippen LogP contribution in [-0.4, -0.2) is 44.1 Å². The normalized spacial score (nSPS) is 17.0. The molecule has 0 amide bonds. The van der Waals surface area contributed by atoms with Gasteiger partial charge < -0.3 is 20.1 Å². The van der Waals surface area contributed by atoms with E-state index in [2.05, 4.69) is 5.32 Å². The van der Waals surface area contributed by atoms with Crippen molar-refractivity contribution in [3.05, 3.63) is 29.6 Å². The minimum Gasteiger partial charge on any atom is -0.393 e. The average molecular weight is 310 g/mol. The number of hydrogen-bond donors (Lipinski definition) is 2. The predicted molar refractivity (Wildman–Crippen MR) is 86.6 cm³/mol. The van der Waals surface area contributed by atoms with E-state index >= 15 is 0 Å². The van der Waals surface area contributed by atoms with Crippen molar-refractivity contribution in [2.24, 2.45) is 5.92 Å². The number of hydrogen-bond acceptors (Lipinski definition) is 4. The van der Waals surface area contributed by atoms with Gasteiger partial charge in [-0.3, -0.25) is 0 Å². The fraction of sp³-hybridized carbons (Fsp3) is 0.647. The second-order valence-electron chi connectivity index (χ2n) is 6.16. The quantitative estimate of drug-likeness (QED) is 0.758. The lowest BCUT2D eigenvalue weighted by Gasteiger charge is -2.29. The Hall–Kier alpha value is -1.17. The molecule has 1 heterocycles. The van der Waals surface area contributed by atoms with E-state index in [9.17, 15) is 9.50 Å².